The Bertz CT molecular complexity index is 865. The number of urea groups is 1. The van der Waals surface area contributed by atoms with Gasteiger partial charge < -0.3 is 24.7 Å². The summed E-state index contributed by atoms with van der Waals surface area (Å²) >= 11 is 0. The van der Waals surface area contributed by atoms with Gasteiger partial charge in [0.2, 0.25) is 0 Å². The predicted molar refractivity (Wildman–Crippen MR) is 103 cm³/mol. The highest BCUT2D eigenvalue weighted by Gasteiger charge is 2.07. The molecule has 7 heteroatoms. The lowest BCUT2D eigenvalue weighted by atomic mass is 10.1. The molecule has 1 heterocycles. The number of hydrogen-bond donors (Lipinski definition) is 2. The third-order valence-corrected chi connectivity index (χ3v) is 3.86. The highest BCUT2D eigenvalue weighted by atomic mass is 16.5. The monoisotopic (exact) mass is 366 g/mol. The maximum absolute atomic E-state index is 12.3. The molecule has 0 spiro atoms. The molecule has 2 N–H and O–H groups in total. The molecule has 0 aliphatic rings. The molecule has 0 aliphatic heterocycles. The fourth-order valence-corrected chi connectivity index (χ4v) is 2.57. The van der Waals surface area contributed by atoms with Crippen LogP contribution in [0.15, 0.2) is 67.3 Å². The predicted octanol–water partition coefficient (Wildman–Crippen LogP) is 3.22. The number of methoxy groups -OCH3 is 1. The number of benzene rings is 2. The Morgan fingerprint density at radius 1 is 1.15 bits per heavy atom. The number of amides is 2. The summed E-state index contributed by atoms with van der Waals surface area (Å²) < 4.78 is 12.4. The van der Waals surface area contributed by atoms with Gasteiger partial charge in [-0.1, -0.05) is 24.3 Å². The van der Waals surface area contributed by atoms with Gasteiger partial charge in [0.1, 0.15) is 12.4 Å². The maximum Gasteiger partial charge on any atom is 0.319 e. The van der Waals surface area contributed by atoms with Gasteiger partial charge in [-0.3, -0.25) is 0 Å². The molecular weight excluding hydrogens is 344 g/mol. The molecule has 0 unspecified atom stereocenters. The third kappa shape index (κ3) is 5.32. The maximum atomic E-state index is 12.3. The molecule has 0 saturated heterocycles. The molecule has 0 fully saturated rings. The molecule has 140 valence electrons. The van der Waals surface area contributed by atoms with E-state index in [1.807, 2.05) is 53.2 Å². The van der Waals surface area contributed by atoms with Gasteiger partial charge in [-0.15, -0.1) is 0 Å². The summed E-state index contributed by atoms with van der Waals surface area (Å²) in [6, 6.07) is 14.8. The summed E-state index contributed by atoms with van der Waals surface area (Å²) in [5.74, 6) is 0.676. The number of nitrogens with zero attached hydrogens (tertiary/aromatic N) is 2. The first kappa shape index (κ1) is 18.5. The molecule has 1 aromatic heterocycles. The van der Waals surface area contributed by atoms with E-state index in [0.29, 0.717) is 31.2 Å². The van der Waals surface area contributed by atoms with Gasteiger partial charge in [0, 0.05) is 37.8 Å². The molecule has 0 saturated carbocycles. The van der Waals surface area contributed by atoms with E-state index < -0.39 is 0 Å². The summed E-state index contributed by atoms with van der Waals surface area (Å²) in [6.07, 6.45) is 5.32. The zero-order chi connectivity index (χ0) is 18.9. The van der Waals surface area contributed by atoms with Crippen molar-refractivity contribution in [2.24, 2.45) is 0 Å². The van der Waals surface area contributed by atoms with Crippen LogP contribution in [0, 0.1) is 0 Å². The number of rotatable bonds is 8. The van der Waals surface area contributed by atoms with Crippen LogP contribution in [-0.4, -0.2) is 35.9 Å². The van der Waals surface area contributed by atoms with E-state index in [0.717, 1.165) is 11.3 Å². The number of carbonyl (C=O) groups is 1. The molecular formula is C20H22N4O3. The Kier molecular flexibility index (Phi) is 6.43. The summed E-state index contributed by atoms with van der Waals surface area (Å²) in [5, 5.41) is 5.69. The Balaban J connectivity index is 1.57. The first-order valence-electron chi connectivity index (χ1n) is 8.59. The normalized spacial score (nSPS) is 10.4. The number of nitrogens with one attached hydrogen (secondary N) is 2. The number of anilines is 1. The zero-order valence-electron chi connectivity index (χ0n) is 15.1. The van der Waals surface area contributed by atoms with E-state index in [2.05, 4.69) is 15.6 Å². The van der Waals surface area contributed by atoms with Crippen LogP contribution in [0.3, 0.4) is 0 Å². The molecule has 7 nitrogen and oxygen atoms in total. The minimum atomic E-state index is -0.288. The Hall–Kier alpha value is -3.32. The number of para-hydroxylation sites is 1. The van der Waals surface area contributed by atoms with Crippen molar-refractivity contribution in [2.75, 3.05) is 25.6 Å². The molecule has 3 rings (SSSR count). The molecule has 3 aromatic rings. The van der Waals surface area contributed by atoms with Gasteiger partial charge in [-0.25, -0.2) is 9.78 Å². The minimum Gasteiger partial charge on any atom is -0.491 e. The minimum absolute atomic E-state index is 0.288. The first-order valence-corrected chi connectivity index (χ1v) is 8.59. The van der Waals surface area contributed by atoms with Gasteiger partial charge in [-0.2, -0.15) is 0 Å². The summed E-state index contributed by atoms with van der Waals surface area (Å²) in [7, 11) is 1.62. The van der Waals surface area contributed by atoms with E-state index in [4.69, 9.17) is 9.47 Å². The quantitative estimate of drug-likeness (QED) is 0.600. The van der Waals surface area contributed by atoms with Gasteiger partial charge in [-0.05, 0) is 23.8 Å². The van der Waals surface area contributed by atoms with Crippen LogP contribution >= 0.6 is 0 Å². The fourth-order valence-electron chi connectivity index (χ4n) is 2.57. The topological polar surface area (TPSA) is 77.4 Å². The molecule has 0 bridgehead atoms. The van der Waals surface area contributed by atoms with Gasteiger partial charge in [0.15, 0.2) is 0 Å². The molecule has 0 atom stereocenters. The Labute approximate surface area is 157 Å². The number of hydrogen-bond acceptors (Lipinski definition) is 4. The summed E-state index contributed by atoms with van der Waals surface area (Å²) in [5.41, 5.74) is 2.62. The van der Waals surface area contributed by atoms with Crippen LogP contribution in [0.4, 0.5) is 10.5 Å². The Morgan fingerprint density at radius 2 is 2.04 bits per heavy atom. The Morgan fingerprint density at radius 3 is 2.85 bits per heavy atom. The van der Waals surface area contributed by atoms with Gasteiger partial charge >= 0.3 is 6.03 Å². The van der Waals surface area contributed by atoms with Crippen LogP contribution in [0.25, 0.3) is 5.69 Å². The lowest BCUT2D eigenvalue weighted by molar-refractivity contribution is 0.146. The molecule has 0 radical (unpaired) electrons. The van der Waals surface area contributed by atoms with Crippen molar-refractivity contribution >= 4 is 11.7 Å². The SMILES string of the molecule is COCCOc1cccc(NC(=O)NCc2ccccc2-n2ccnc2)c1. The lowest BCUT2D eigenvalue weighted by Crippen LogP contribution is -2.28. The third-order valence-electron chi connectivity index (χ3n) is 3.86. The fraction of sp³-hybridized carbons (Fsp3) is 0.200. The highest BCUT2D eigenvalue weighted by molar-refractivity contribution is 5.89. The second kappa shape index (κ2) is 9.40. The van der Waals surface area contributed by atoms with Crippen molar-refractivity contribution in [3.8, 4) is 11.4 Å². The van der Waals surface area contributed by atoms with E-state index in [1.54, 1.807) is 25.7 Å². The van der Waals surface area contributed by atoms with Crippen molar-refractivity contribution in [3.63, 3.8) is 0 Å². The van der Waals surface area contributed by atoms with Crippen LogP contribution in [0.1, 0.15) is 5.56 Å². The number of imidazole rings is 1. The largest absolute Gasteiger partial charge is 0.491 e. The van der Waals surface area contributed by atoms with Crippen molar-refractivity contribution in [1.82, 2.24) is 14.9 Å². The zero-order valence-corrected chi connectivity index (χ0v) is 15.1. The number of ether oxygens (including phenoxy) is 2. The van der Waals surface area contributed by atoms with E-state index in [1.165, 1.54) is 0 Å². The number of aromatic nitrogens is 2. The van der Waals surface area contributed by atoms with Gasteiger partial charge in [0.05, 0.1) is 18.6 Å². The second-order valence-corrected chi connectivity index (χ2v) is 5.78. The van der Waals surface area contributed by atoms with Crippen LogP contribution in [0.5, 0.6) is 5.75 Å². The molecule has 2 amide bonds. The van der Waals surface area contributed by atoms with Crippen molar-refractivity contribution in [3.05, 3.63) is 72.8 Å². The highest BCUT2D eigenvalue weighted by Crippen LogP contribution is 2.17. The first-order chi connectivity index (χ1) is 13.3. The summed E-state index contributed by atoms with van der Waals surface area (Å²) in [6.45, 7) is 1.36. The standard InChI is InChI=1S/C20H22N4O3/c1-26-11-12-27-18-7-4-6-17(13-18)23-20(25)22-14-16-5-2-3-8-19(16)24-10-9-21-15-24/h2-10,13,15H,11-12,14H2,1H3,(H2,22,23,25). The lowest BCUT2D eigenvalue weighted by Gasteiger charge is -2.12. The van der Waals surface area contributed by atoms with E-state index in [-0.39, 0.29) is 6.03 Å². The van der Waals surface area contributed by atoms with E-state index in [9.17, 15) is 4.79 Å². The molecule has 27 heavy (non-hydrogen) atoms. The van der Waals surface area contributed by atoms with Crippen LogP contribution < -0.4 is 15.4 Å². The molecule has 2 aromatic carbocycles. The average Bonchev–Trinajstić information content (AvgIpc) is 3.22. The smallest absolute Gasteiger partial charge is 0.319 e. The average molecular weight is 366 g/mol. The van der Waals surface area contributed by atoms with Crippen molar-refractivity contribution in [2.45, 2.75) is 6.54 Å². The van der Waals surface area contributed by atoms with E-state index >= 15 is 0 Å². The van der Waals surface area contributed by atoms with Crippen molar-refractivity contribution in [1.29, 1.82) is 0 Å². The van der Waals surface area contributed by atoms with Crippen LogP contribution in [0.2, 0.25) is 0 Å². The molecule has 0 aliphatic carbocycles. The second-order valence-electron chi connectivity index (χ2n) is 5.78. The van der Waals surface area contributed by atoms with Gasteiger partial charge in [0.25, 0.3) is 0 Å². The summed E-state index contributed by atoms with van der Waals surface area (Å²) in [4.78, 5) is 16.3. The van der Waals surface area contributed by atoms with Crippen molar-refractivity contribution < 1.29 is 14.3 Å². The number of carbonyl (C=O) groups excluding carboxylic acids is 1. The van der Waals surface area contributed by atoms with Crippen LogP contribution in [-0.2, 0) is 11.3 Å².